The molecular weight excluding hydrogens is 352 g/mol. The Morgan fingerprint density at radius 2 is 1.85 bits per heavy atom. The molecule has 6 rings (SSSR count). The Kier molecular flexibility index (Phi) is 3.51. The molecule has 134 valence electrons. The highest BCUT2D eigenvalue weighted by Crippen LogP contribution is 2.65. The molecule has 1 aromatic rings. The van der Waals surface area contributed by atoms with E-state index in [0.29, 0.717) is 34.8 Å². The fourth-order valence-electron chi connectivity index (χ4n) is 5.08. The second-order valence-corrected chi connectivity index (χ2v) is 7.94. The van der Waals surface area contributed by atoms with E-state index in [1.807, 2.05) is 6.92 Å². The lowest BCUT2D eigenvalue weighted by Crippen LogP contribution is -2.40. The van der Waals surface area contributed by atoms with Crippen molar-refractivity contribution in [1.82, 2.24) is 5.01 Å². The zero-order chi connectivity index (χ0) is 18.0. The summed E-state index contributed by atoms with van der Waals surface area (Å²) in [7, 11) is 0. The molecule has 5 nitrogen and oxygen atoms in total. The summed E-state index contributed by atoms with van der Waals surface area (Å²) in [5.74, 6) is 1.41. The summed E-state index contributed by atoms with van der Waals surface area (Å²) >= 11 is 6.06. The number of carbonyl (C=O) groups is 2. The van der Waals surface area contributed by atoms with Crippen molar-refractivity contribution in [3.63, 3.8) is 0 Å². The third-order valence-corrected chi connectivity index (χ3v) is 6.46. The normalized spacial score (nSPS) is 36.6. The minimum atomic E-state index is -0.232. The number of amides is 2. The first-order valence-corrected chi connectivity index (χ1v) is 9.50. The fraction of sp³-hybridized carbons (Fsp3) is 0.450. The second kappa shape index (κ2) is 5.68. The van der Waals surface area contributed by atoms with Crippen LogP contribution < -0.4 is 4.74 Å². The van der Waals surface area contributed by atoms with Crippen LogP contribution in [-0.4, -0.2) is 29.6 Å². The van der Waals surface area contributed by atoms with E-state index >= 15 is 0 Å². The van der Waals surface area contributed by atoms with Gasteiger partial charge in [-0.1, -0.05) is 23.8 Å². The molecule has 1 heterocycles. The summed E-state index contributed by atoms with van der Waals surface area (Å²) in [5.41, 5.74) is 0.652. The van der Waals surface area contributed by atoms with E-state index in [-0.39, 0.29) is 35.5 Å². The van der Waals surface area contributed by atoms with Gasteiger partial charge in [-0.05, 0) is 55.2 Å². The highest BCUT2D eigenvalue weighted by molar-refractivity contribution is 6.31. The quantitative estimate of drug-likeness (QED) is 0.465. The molecular formula is C20H19ClN2O3. The lowest BCUT2D eigenvalue weighted by molar-refractivity contribution is -0.140. The zero-order valence-electron chi connectivity index (χ0n) is 14.3. The largest absolute Gasteiger partial charge is 0.493 e. The molecule has 1 saturated heterocycles. The maximum atomic E-state index is 12.9. The molecule has 3 fully saturated rings. The molecule has 6 atom stereocenters. The second-order valence-electron chi connectivity index (χ2n) is 7.50. The molecule has 0 unspecified atom stereocenters. The van der Waals surface area contributed by atoms with E-state index in [9.17, 15) is 9.59 Å². The van der Waals surface area contributed by atoms with Gasteiger partial charge in [0.25, 0.3) is 11.8 Å². The van der Waals surface area contributed by atoms with Crippen LogP contribution in [0.25, 0.3) is 0 Å². The standard InChI is InChI=1S/C20H19ClN2O3/c1-2-26-16-6-3-11(21)7-10(16)9-22-23-19(24)17-12-4-5-13(15-8-14(12)15)18(17)20(23)25/h3-7,9,12-15,17-18H,2,8H2,1H3/b22-9-/t12-,13-,14-,15+,17-,18-/m1/s1. The number of benzene rings is 1. The van der Waals surface area contributed by atoms with Gasteiger partial charge in [0.05, 0.1) is 24.7 Å². The van der Waals surface area contributed by atoms with Gasteiger partial charge in [0.15, 0.2) is 0 Å². The number of hydrazone groups is 1. The molecule has 0 radical (unpaired) electrons. The minimum Gasteiger partial charge on any atom is -0.493 e. The Balaban J connectivity index is 1.44. The number of ether oxygens (including phenoxy) is 1. The molecule has 1 aromatic carbocycles. The number of imide groups is 1. The van der Waals surface area contributed by atoms with Gasteiger partial charge in [0, 0.05) is 10.6 Å². The van der Waals surface area contributed by atoms with Crippen molar-refractivity contribution in [3.05, 3.63) is 40.9 Å². The number of rotatable bonds is 4. The van der Waals surface area contributed by atoms with Crippen LogP contribution in [0.1, 0.15) is 18.9 Å². The Labute approximate surface area is 156 Å². The zero-order valence-corrected chi connectivity index (χ0v) is 15.1. The van der Waals surface area contributed by atoms with E-state index in [1.54, 1.807) is 18.2 Å². The Bertz CT molecular complexity index is 829. The smallest absolute Gasteiger partial charge is 0.254 e. The third kappa shape index (κ3) is 2.19. The summed E-state index contributed by atoms with van der Waals surface area (Å²) < 4.78 is 5.57. The van der Waals surface area contributed by atoms with Gasteiger partial charge >= 0.3 is 0 Å². The number of hydrogen-bond acceptors (Lipinski definition) is 4. The number of halogens is 1. The summed E-state index contributed by atoms with van der Waals surface area (Å²) in [6.07, 6.45) is 6.96. The number of nitrogens with zero attached hydrogens (tertiary/aromatic N) is 2. The summed E-state index contributed by atoms with van der Waals surface area (Å²) in [5, 5.41) is 5.86. The molecule has 0 N–H and O–H groups in total. The molecule has 26 heavy (non-hydrogen) atoms. The minimum absolute atomic E-state index is 0.166. The first-order valence-electron chi connectivity index (χ1n) is 9.12. The van der Waals surface area contributed by atoms with Crippen LogP contribution in [0.5, 0.6) is 5.75 Å². The molecule has 2 bridgehead atoms. The van der Waals surface area contributed by atoms with Crippen molar-refractivity contribution in [3.8, 4) is 5.75 Å². The van der Waals surface area contributed by atoms with Crippen molar-refractivity contribution in [2.75, 3.05) is 6.61 Å². The van der Waals surface area contributed by atoms with Crippen LogP contribution >= 0.6 is 11.6 Å². The average molecular weight is 371 g/mol. The van der Waals surface area contributed by atoms with Gasteiger partial charge < -0.3 is 4.74 Å². The highest BCUT2D eigenvalue weighted by Gasteiger charge is 2.67. The lowest BCUT2D eigenvalue weighted by Gasteiger charge is -2.37. The molecule has 4 aliphatic carbocycles. The first kappa shape index (κ1) is 16.1. The Hall–Kier alpha value is -2.14. The monoisotopic (exact) mass is 370 g/mol. The Morgan fingerprint density at radius 3 is 2.46 bits per heavy atom. The van der Waals surface area contributed by atoms with Crippen LogP contribution in [0.4, 0.5) is 0 Å². The molecule has 1 aliphatic heterocycles. The van der Waals surface area contributed by atoms with Gasteiger partial charge in [-0.2, -0.15) is 10.1 Å². The van der Waals surface area contributed by atoms with Crippen LogP contribution in [0.3, 0.4) is 0 Å². The summed E-state index contributed by atoms with van der Waals surface area (Å²) in [6, 6.07) is 5.22. The molecule has 5 aliphatic rings. The van der Waals surface area contributed by atoms with Gasteiger partial charge in [0.2, 0.25) is 0 Å². The van der Waals surface area contributed by atoms with E-state index < -0.39 is 0 Å². The first-order chi connectivity index (χ1) is 12.6. The van der Waals surface area contributed by atoms with Crippen LogP contribution in [0.15, 0.2) is 35.5 Å². The van der Waals surface area contributed by atoms with Crippen molar-refractivity contribution < 1.29 is 14.3 Å². The van der Waals surface area contributed by atoms with Crippen LogP contribution in [0, 0.1) is 35.5 Å². The highest BCUT2D eigenvalue weighted by atomic mass is 35.5. The van der Waals surface area contributed by atoms with Gasteiger partial charge in [-0.15, -0.1) is 0 Å². The van der Waals surface area contributed by atoms with Crippen molar-refractivity contribution in [2.45, 2.75) is 13.3 Å². The van der Waals surface area contributed by atoms with Gasteiger partial charge in [0.1, 0.15) is 5.75 Å². The fourth-order valence-corrected chi connectivity index (χ4v) is 5.26. The topological polar surface area (TPSA) is 59.0 Å². The van der Waals surface area contributed by atoms with Gasteiger partial charge in [-0.25, -0.2) is 0 Å². The average Bonchev–Trinajstić information content (AvgIpc) is 3.41. The van der Waals surface area contributed by atoms with Crippen molar-refractivity contribution in [1.29, 1.82) is 0 Å². The molecule has 2 amide bonds. The van der Waals surface area contributed by atoms with E-state index in [0.717, 1.165) is 11.4 Å². The summed E-state index contributed by atoms with van der Waals surface area (Å²) in [6.45, 7) is 2.40. The van der Waals surface area contributed by atoms with Crippen LogP contribution in [0.2, 0.25) is 5.02 Å². The molecule has 6 heteroatoms. The SMILES string of the molecule is CCOc1ccc(Cl)cc1/C=N\N1C(=O)[C@@H]2[C@@H]3C=C[C@H]([C@@H]4C[C@H]34)[C@H]2C1=O. The predicted octanol–water partition coefficient (Wildman–Crippen LogP) is 3.13. The van der Waals surface area contributed by atoms with E-state index in [2.05, 4.69) is 17.3 Å². The number of hydrogen-bond donors (Lipinski definition) is 0. The van der Waals surface area contributed by atoms with Crippen molar-refractivity contribution >= 4 is 29.6 Å². The van der Waals surface area contributed by atoms with E-state index in [4.69, 9.17) is 16.3 Å². The Morgan fingerprint density at radius 1 is 1.19 bits per heavy atom. The predicted molar refractivity (Wildman–Crippen MR) is 96.8 cm³/mol. The molecule has 2 saturated carbocycles. The molecule has 0 aromatic heterocycles. The summed E-state index contributed by atoms with van der Waals surface area (Å²) in [4.78, 5) is 25.8. The molecule has 0 spiro atoms. The van der Waals surface area contributed by atoms with E-state index in [1.165, 1.54) is 6.21 Å². The van der Waals surface area contributed by atoms with Crippen LogP contribution in [-0.2, 0) is 9.59 Å². The lowest BCUT2D eigenvalue weighted by atomic mass is 9.63. The number of allylic oxidation sites excluding steroid dienone is 2. The van der Waals surface area contributed by atoms with Crippen molar-refractivity contribution in [2.24, 2.45) is 40.6 Å². The number of carbonyl (C=O) groups excluding carboxylic acids is 2. The third-order valence-electron chi connectivity index (χ3n) is 6.22. The maximum Gasteiger partial charge on any atom is 0.254 e. The maximum absolute atomic E-state index is 12.9. The van der Waals surface area contributed by atoms with Gasteiger partial charge in [-0.3, -0.25) is 9.59 Å².